The van der Waals surface area contributed by atoms with Crippen molar-refractivity contribution in [3.63, 3.8) is 0 Å². The highest BCUT2D eigenvalue weighted by Crippen LogP contribution is 2.71. The van der Waals surface area contributed by atoms with Gasteiger partial charge in [0.05, 0.1) is 14.9 Å². The molecule has 1 heterocycles. The van der Waals surface area contributed by atoms with E-state index in [-0.39, 0.29) is 0 Å². The predicted molar refractivity (Wildman–Crippen MR) is 190 cm³/mol. The van der Waals surface area contributed by atoms with Gasteiger partial charge in [0.1, 0.15) is 41.2 Å². The fraction of sp³-hybridized carbons (Fsp3) is 0.909. The van der Waals surface area contributed by atoms with E-state index in [1.165, 1.54) is 5.31 Å². The predicted octanol–water partition coefficient (Wildman–Crippen LogP) is 8.98. The van der Waals surface area contributed by atoms with Crippen LogP contribution < -0.4 is 10.7 Å². The first-order valence-electron chi connectivity index (χ1n) is 13.7. The van der Waals surface area contributed by atoms with E-state index in [4.69, 9.17) is 4.41 Å². The topological polar surface area (TPSA) is 49.4 Å². The number of nitrogens with one attached hydrogen (secondary N) is 2. The van der Waals surface area contributed by atoms with Crippen molar-refractivity contribution in [2.24, 2.45) is 4.41 Å². The van der Waals surface area contributed by atoms with E-state index in [1.807, 2.05) is 0 Å². The zero-order chi connectivity index (χ0) is 29.8. The highest BCUT2D eigenvalue weighted by Gasteiger charge is 2.60. The lowest BCUT2D eigenvalue weighted by molar-refractivity contribution is 0.193. The lowest BCUT2D eigenvalue weighted by atomic mass is 10.8. The summed E-state index contributed by atoms with van der Waals surface area (Å²) in [5.74, 6) is 0. The third-order valence-corrected chi connectivity index (χ3v) is 40.3. The number of allylic oxidation sites excluding steroid dienone is 1. The van der Waals surface area contributed by atoms with E-state index in [1.54, 1.807) is 0 Å². The van der Waals surface area contributed by atoms with E-state index in [2.05, 4.69) is 159 Å². The zero-order valence-electron chi connectivity index (χ0n) is 28.0. The monoisotopic (exact) mass is 655 g/mol. The van der Waals surface area contributed by atoms with Crippen LogP contribution in [0.1, 0.15) is 6.92 Å². The van der Waals surface area contributed by atoms with Crippen molar-refractivity contribution in [2.45, 2.75) is 125 Å². The van der Waals surface area contributed by atoms with Crippen LogP contribution in [-0.4, -0.2) is 73.2 Å². The molecule has 37 heavy (non-hydrogen) atoms. The standard InChI is InChI=1S/C22H63N7P2Si6/c1-22(2)30(28(34(9,10)11)35(12,13)14)24-23-26-21-27(33(6,7)8)31(26,25-32(3,4)5)29(36(15,16)17)37(18,19)20/h23-24H,1,21H2,2-20H3. The number of nitrogens with zero attached hydrogens (tertiary/aromatic N) is 5. The lowest BCUT2D eigenvalue weighted by Gasteiger charge is -2.67. The molecule has 2 unspecified atom stereocenters. The third-order valence-electron chi connectivity index (χ3n) is 5.78. The smallest absolute Gasteiger partial charge is 0.175 e. The van der Waals surface area contributed by atoms with Gasteiger partial charge in [-0.3, -0.25) is 12.7 Å². The van der Waals surface area contributed by atoms with Crippen LogP contribution in [0.2, 0.25) is 118 Å². The van der Waals surface area contributed by atoms with Crippen LogP contribution in [-0.2, 0) is 0 Å². The van der Waals surface area contributed by atoms with Crippen molar-refractivity contribution in [3.05, 3.63) is 11.9 Å². The molecule has 7 nitrogen and oxygen atoms in total. The number of hydrazine groups is 2. The largest absolute Gasteiger partial charge is 0.308 e. The molecule has 1 aliphatic rings. The Morgan fingerprint density at radius 2 is 1.16 bits per heavy atom. The molecule has 0 saturated carbocycles. The molecular formula is C22H63N7P2Si6. The van der Waals surface area contributed by atoms with Crippen LogP contribution in [0.3, 0.4) is 0 Å². The van der Waals surface area contributed by atoms with Gasteiger partial charge in [0.15, 0.2) is 15.7 Å². The van der Waals surface area contributed by atoms with Crippen molar-refractivity contribution in [1.29, 1.82) is 0 Å². The van der Waals surface area contributed by atoms with Gasteiger partial charge < -0.3 is 4.00 Å². The molecule has 1 rings (SSSR count). The third kappa shape index (κ3) is 8.97. The average molecular weight is 656 g/mol. The molecule has 2 N–H and O–H groups in total. The van der Waals surface area contributed by atoms with Crippen LogP contribution in [0, 0.1) is 0 Å². The summed E-state index contributed by atoms with van der Waals surface area (Å²) in [5, 5.41) is 5.16. The van der Waals surface area contributed by atoms with Gasteiger partial charge in [-0.25, -0.2) is 5.20 Å². The molecule has 0 amide bonds. The summed E-state index contributed by atoms with van der Waals surface area (Å²) in [7, 11) is -12.8. The SMILES string of the molecule is C=C(C)P(NNN1CN([Si](C)(C)C)P1(=N[Si](C)(C)C)N([Si](C)(C)C)[Si](C)(C)C)N([Si](C)(C)C)[Si](C)(C)C. The second kappa shape index (κ2) is 11.6. The highest BCUT2D eigenvalue weighted by atomic mass is 31.2. The molecule has 1 saturated heterocycles. The Bertz CT molecular complexity index is 849. The summed E-state index contributed by atoms with van der Waals surface area (Å²) < 4.78 is 17.4. The van der Waals surface area contributed by atoms with Crippen LogP contribution >= 0.6 is 15.7 Å². The van der Waals surface area contributed by atoms with Gasteiger partial charge in [-0.1, -0.05) is 105 Å². The highest BCUT2D eigenvalue weighted by molar-refractivity contribution is 7.68. The Kier molecular flexibility index (Phi) is 11.5. The molecule has 15 heteroatoms. The molecular weight excluding hydrogens is 593 g/mol. The van der Waals surface area contributed by atoms with Crippen LogP contribution in [0.15, 0.2) is 16.3 Å². The number of rotatable bonds is 12. The van der Waals surface area contributed by atoms with Gasteiger partial charge in [0, 0.05) is 0 Å². The van der Waals surface area contributed by atoms with E-state index in [0.29, 0.717) is 0 Å². The fourth-order valence-electron chi connectivity index (χ4n) is 5.69. The minimum absolute atomic E-state index is 0.712. The lowest BCUT2D eigenvalue weighted by Crippen LogP contribution is -2.73. The normalized spacial score (nSPS) is 22.4. The fourth-order valence-corrected chi connectivity index (χ4v) is 48.5. The van der Waals surface area contributed by atoms with Crippen molar-refractivity contribution >= 4 is 65.1 Å². The van der Waals surface area contributed by atoms with Gasteiger partial charge in [0.2, 0.25) is 0 Å². The van der Waals surface area contributed by atoms with Crippen LogP contribution in [0.25, 0.3) is 0 Å². The Labute approximate surface area is 239 Å². The summed E-state index contributed by atoms with van der Waals surface area (Å²) in [6, 6.07) is 0. The summed E-state index contributed by atoms with van der Waals surface area (Å²) in [5.41, 5.74) is 3.88. The first-order valence-corrected chi connectivity index (χ1v) is 37.3. The second-order valence-corrected chi connectivity index (χ2v) is 52.9. The van der Waals surface area contributed by atoms with Crippen molar-refractivity contribution < 1.29 is 0 Å². The first-order chi connectivity index (χ1) is 16.0. The molecule has 0 bridgehead atoms. The quantitative estimate of drug-likeness (QED) is 0.124. The Morgan fingerprint density at radius 3 is 1.43 bits per heavy atom. The Morgan fingerprint density at radius 1 is 0.757 bits per heavy atom. The molecule has 0 aliphatic carbocycles. The maximum absolute atomic E-state index is 5.99. The van der Waals surface area contributed by atoms with Crippen molar-refractivity contribution in [1.82, 2.24) is 27.8 Å². The summed E-state index contributed by atoms with van der Waals surface area (Å²) in [4.78, 5) is 0. The van der Waals surface area contributed by atoms with E-state index >= 15 is 0 Å². The molecule has 1 aliphatic heterocycles. The van der Waals surface area contributed by atoms with Crippen molar-refractivity contribution in [3.8, 4) is 0 Å². The molecule has 0 aromatic heterocycles. The van der Waals surface area contributed by atoms with Gasteiger partial charge >= 0.3 is 0 Å². The van der Waals surface area contributed by atoms with Gasteiger partial charge in [-0.05, 0) is 31.9 Å². The maximum atomic E-state index is 5.99. The van der Waals surface area contributed by atoms with Crippen LogP contribution in [0.4, 0.5) is 0 Å². The second-order valence-electron chi connectivity index (χ2n) is 16.5. The molecule has 2 atom stereocenters. The molecule has 0 aromatic rings. The van der Waals surface area contributed by atoms with Crippen molar-refractivity contribution in [2.75, 3.05) is 6.67 Å². The molecule has 0 aromatic carbocycles. The van der Waals surface area contributed by atoms with E-state index in [0.717, 1.165) is 6.67 Å². The van der Waals surface area contributed by atoms with Crippen LogP contribution in [0.5, 0.6) is 0 Å². The summed E-state index contributed by atoms with van der Waals surface area (Å²) >= 11 is 0. The molecule has 220 valence electrons. The maximum Gasteiger partial charge on any atom is 0.175 e. The Hall–Kier alpha value is 1.46. The molecule has 1 fully saturated rings. The Balaban J connectivity index is 3.80. The first kappa shape index (κ1) is 36.5. The number of hydrogen-bond acceptors (Lipinski definition) is 4. The molecule has 0 radical (unpaired) electrons. The van der Waals surface area contributed by atoms with Gasteiger partial charge in [-0.15, -0.1) is 0 Å². The summed E-state index contributed by atoms with van der Waals surface area (Å²) in [6.45, 7) is 52.6. The summed E-state index contributed by atoms with van der Waals surface area (Å²) in [6.07, 6.45) is 0. The van der Waals surface area contributed by atoms with Gasteiger partial charge in [-0.2, -0.15) is 10.3 Å². The number of hydrogen-bond donors (Lipinski definition) is 2. The van der Waals surface area contributed by atoms with E-state index in [9.17, 15) is 0 Å². The molecule has 0 spiro atoms. The van der Waals surface area contributed by atoms with Gasteiger partial charge in [0.25, 0.3) is 0 Å². The van der Waals surface area contributed by atoms with E-state index < -0.39 is 65.1 Å². The minimum atomic E-state index is -2.10. The minimum Gasteiger partial charge on any atom is -0.308 e. The zero-order valence-corrected chi connectivity index (χ0v) is 35.8. The average Bonchev–Trinajstić information content (AvgIpc) is 2.51.